The standard InChI is InChI=1S/C104H72N2/c1-101(2)86-41-18-11-33-75(86)81-56-54-72(63-94(81)101)105(70-52-49-67(50-53-70)65-27-7-5-8-28-65)97-60-58-74(98-84-39-17-24-47-93(84)104(100(97)98)90-44-21-14-36-78(90)79-37-15-22-45-91(79)104)69-51-59-87-85(62-69)82-57-55-73(64-95(82)102(87,3)4)106(71-32-25-31-68(61-71)66-29-9-6-10-30-66)96-48-26-40-83-80-38-16-23-46-92(80)103(99(83)96)88-42-19-12-34-76(88)77-35-13-20-43-89(77)103/h5-64H,1-4H3. The second-order valence-corrected chi connectivity index (χ2v) is 30.9. The van der Waals surface area contributed by atoms with Gasteiger partial charge < -0.3 is 9.80 Å². The molecule has 0 saturated heterocycles. The molecule has 22 rings (SSSR count). The summed E-state index contributed by atoms with van der Waals surface area (Å²) in [5.74, 6) is 0. The van der Waals surface area contributed by atoms with Gasteiger partial charge in [0, 0.05) is 44.7 Å². The highest BCUT2D eigenvalue weighted by molar-refractivity contribution is 6.06. The van der Waals surface area contributed by atoms with Crippen LogP contribution in [-0.4, -0.2) is 0 Å². The van der Waals surface area contributed by atoms with Crippen LogP contribution in [-0.2, 0) is 21.7 Å². The van der Waals surface area contributed by atoms with Gasteiger partial charge >= 0.3 is 0 Å². The summed E-state index contributed by atoms with van der Waals surface area (Å²) in [6.07, 6.45) is 0. The smallest absolute Gasteiger partial charge is 0.0746 e. The highest BCUT2D eigenvalue weighted by Gasteiger charge is 2.56. The van der Waals surface area contributed by atoms with Crippen LogP contribution in [0.2, 0.25) is 0 Å². The van der Waals surface area contributed by atoms with Crippen LogP contribution < -0.4 is 9.80 Å². The molecule has 0 unspecified atom stereocenters. The predicted octanol–water partition coefficient (Wildman–Crippen LogP) is 26.9. The minimum Gasteiger partial charge on any atom is -0.310 e. The molecule has 0 bridgehead atoms. The Hall–Kier alpha value is -12.9. The molecular formula is C104H72N2. The maximum Gasteiger partial charge on any atom is 0.0746 e. The maximum absolute atomic E-state index is 2.60. The molecule has 2 nitrogen and oxygen atoms in total. The van der Waals surface area contributed by atoms with Gasteiger partial charge in [0.2, 0.25) is 0 Å². The minimum absolute atomic E-state index is 0.220. The average Bonchev–Trinajstić information content (AvgIpc) is 1.50. The molecule has 0 aromatic heterocycles. The van der Waals surface area contributed by atoms with Crippen molar-refractivity contribution in [1.29, 1.82) is 0 Å². The van der Waals surface area contributed by atoms with Crippen LogP contribution >= 0.6 is 0 Å². The molecule has 0 heterocycles. The third kappa shape index (κ3) is 8.11. The Bertz CT molecular complexity index is 6300. The van der Waals surface area contributed by atoms with E-state index in [1.807, 2.05) is 0 Å². The summed E-state index contributed by atoms with van der Waals surface area (Å²) >= 11 is 0. The summed E-state index contributed by atoms with van der Waals surface area (Å²) in [5.41, 5.74) is 43.3. The Morgan fingerprint density at radius 3 is 1.07 bits per heavy atom. The number of rotatable bonds is 9. The number of fused-ring (bicyclic) bond motifs is 26. The van der Waals surface area contributed by atoms with E-state index >= 15 is 0 Å². The lowest BCUT2D eigenvalue weighted by molar-refractivity contribution is 0.660. The van der Waals surface area contributed by atoms with Crippen molar-refractivity contribution >= 4 is 34.1 Å². The highest BCUT2D eigenvalue weighted by atomic mass is 15.2. The number of anilines is 6. The number of benzene rings is 16. The van der Waals surface area contributed by atoms with Gasteiger partial charge in [0.15, 0.2) is 0 Å². The molecular weight excluding hydrogens is 1280 g/mol. The maximum atomic E-state index is 2.60. The second-order valence-electron chi connectivity index (χ2n) is 30.9. The first-order chi connectivity index (χ1) is 52.1. The van der Waals surface area contributed by atoms with Crippen molar-refractivity contribution in [2.45, 2.75) is 49.4 Å². The molecule has 0 saturated carbocycles. The number of nitrogens with zero attached hydrogens (tertiary/aromatic N) is 2. The molecule has 0 aliphatic heterocycles. The zero-order chi connectivity index (χ0) is 70.4. The van der Waals surface area contributed by atoms with Gasteiger partial charge in [-0.1, -0.05) is 325 Å². The Labute approximate surface area is 620 Å². The second kappa shape index (κ2) is 22.3. The molecule has 16 aromatic carbocycles. The van der Waals surface area contributed by atoms with Gasteiger partial charge in [0.25, 0.3) is 0 Å². The lowest BCUT2D eigenvalue weighted by Gasteiger charge is -2.36. The number of hydrogen-bond acceptors (Lipinski definition) is 2. The van der Waals surface area contributed by atoms with Crippen molar-refractivity contribution in [3.8, 4) is 100 Å². The zero-order valence-electron chi connectivity index (χ0n) is 59.5. The summed E-state index contributed by atoms with van der Waals surface area (Å²) in [7, 11) is 0. The van der Waals surface area contributed by atoms with E-state index in [2.05, 4.69) is 401 Å². The van der Waals surface area contributed by atoms with Gasteiger partial charge in [-0.2, -0.15) is 0 Å². The van der Waals surface area contributed by atoms with Gasteiger partial charge in [-0.25, -0.2) is 0 Å². The van der Waals surface area contributed by atoms with Crippen LogP contribution in [0.4, 0.5) is 34.1 Å². The molecule has 0 radical (unpaired) electrons. The van der Waals surface area contributed by atoms with Crippen LogP contribution in [0.3, 0.4) is 0 Å². The van der Waals surface area contributed by atoms with E-state index in [-0.39, 0.29) is 10.8 Å². The fourth-order valence-electron chi connectivity index (χ4n) is 20.6. The summed E-state index contributed by atoms with van der Waals surface area (Å²) in [6, 6.07) is 139. The molecule has 2 heteroatoms. The Balaban J connectivity index is 0.760. The molecule has 0 fully saturated rings. The molecule has 0 atom stereocenters. The lowest BCUT2D eigenvalue weighted by atomic mass is 9.69. The quantitative estimate of drug-likeness (QED) is 0.142. The van der Waals surface area contributed by atoms with E-state index < -0.39 is 10.8 Å². The number of hydrogen-bond donors (Lipinski definition) is 0. The van der Waals surface area contributed by atoms with Crippen molar-refractivity contribution in [1.82, 2.24) is 0 Å². The SMILES string of the molecule is CC1(C)c2ccc(-c3ccc(N(c4ccc(-c5ccccc5)cc4)c4ccc5c(c4)C(C)(C)c4ccccc4-5)c4c3-c3ccccc3C43c4ccccc4-c4ccccc43)cc2-c2ccc(N(c3cccc(-c4ccccc4)c3)c3cccc4c3C3(c5ccccc5-c5ccccc53)c3ccccc3-4)cc21. The van der Waals surface area contributed by atoms with Gasteiger partial charge in [-0.15, -0.1) is 0 Å². The predicted molar refractivity (Wildman–Crippen MR) is 440 cm³/mol. The summed E-state index contributed by atoms with van der Waals surface area (Å²) in [4.78, 5) is 5.19. The van der Waals surface area contributed by atoms with E-state index in [1.165, 1.54) is 167 Å². The molecule has 0 amide bonds. The molecule has 0 N–H and O–H groups in total. The molecule has 6 aliphatic carbocycles. The largest absolute Gasteiger partial charge is 0.310 e. The van der Waals surface area contributed by atoms with Crippen LogP contribution in [0.5, 0.6) is 0 Å². The Morgan fingerprint density at radius 1 is 0.179 bits per heavy atom. The fourth-order valence-corrected chi connectivity index (χ4v) is 20.6. The lowest BCUT2D eigenvalue weighted by Crippen LogP contribution is -2.28. The van der Waals surface area contributed by atoms with Crippen LogP contribution in [0, 0.1) is 0 Å². The monoisotopic (exact) mass is 1350 g/mol. The van der Waals surface area contributed by atoms with Crippen LogP contribution in [0.1, 0.15) is 94.5 Å². The van der Waals surface area contributed by atoms with E-state index in [9.17, 15) is 0 Å². The molecule has 6 aliphatic rings. The zero-order valence-corrected chi connectivity index (χ0v) is 59.5. The van der Waals surface area contributed by atoms with Crippen LogP contribution in [0.25, 0.3) is 100 Å². The molecule has 498 valence electrons. The Morgan fingerprint density at radius 2 is 0.519 bits per heavy atom. The van der Waals surface area contributed by atoms with E-state index in [1.54, 1.807) is 0 Å². The first-order valence-electron chi connectivity index (χ1n) is 37.5. The van der Waals surface area contributed by atoms with E-state index in [0.717, 1.165) is 34.1 Å². The van der Waals surface area contributed by atoms with Crippen molar-refractivity contribution < 1.29 is 0 Å². The molecule has 2 spiro atoms. The summed E-state index contributed by atoms with van der Waals surface area (Å²) in [6.45, 7) is 9.69. The third-order valence-corrected chi connectivity index (χ3v) is 25.1. The van der Waals surface area contributed by atoms with Crippen molar-refractivity contribution in [2.24, 2.45) is 0 Å². The average molecular weight is 1350 g/mol. The normalized spacial score (nSPS) is 14.7. The van der Waals surface area contributed by atoms with Gasteiger partial charge in [-0.3, -0.25) is 0 Å². The molecule has 16 aromatic rings. The van der Waals surface area contributed by atoms with E-state index in [4.69, 9.17) is 0 Å². The first-order valence-corrected chi connectivity index (χ1v) is 37.5. The summed E-state index contributed by atoms with van der Waals surface area (Å²) in [5, 5.41) is 0. The van der Waals surface area contributed by atoms with Gasteiger partial charge in [-0.05, 0) is 223 Å². The van der Waals surface area contributed by atoms with E-state index in [0.29, 0.717) is 0 Å². The topological polar surface area (TPSA) is 6.48 Å². The third-order valence-electron chi connectivity index (χ3n) is 25.1. The molecule has 106 heavy (non-hydrogen) atoms. The van der Waals surface area contributed by atoms with Crippen molar-refractivity contribution in [3.63, 3.8) is 0 Å². The fraction of sp³-hybridized carbons (Fsp3) is 0.0769. The minimum atomic E-state index is -0.682. The van der Waals surface area contributed by atoms with Gasteiger partial charge in [0.1, 0.15) is 0 Å². The van der Waals surface area contributed by atoms with Crippen molar-refractivity contribution in [2.75, 3.05) is 9.80 Å². The Kier molecular flexibility index (Phi) is 12.8. The summed E-state index contributed by atoms with van der Waals surface area (Å²) < 4.78 is 0. The van der Waals surface area contributed by atoms with Crippen LogP contribution in [0.15, 0.2) is 364 Å². The van der Waals surface area contributed by atoms with Gasteiger partial charge in [0.05, 0.1) is 22.2 Å². The first kappa shape index (κ1) is 60.7. The highest BCUT2D eigenvalue weighted by Crippen LogP contribution is 2.69. The van der Waals surface area contributed by atoms with Crippen molar-refractivity contribution in [3.05, 3.63) is 431 Å².